The monoisotopic (exact) mass is 301 g/mol. The minimum absolute atomic E-state index is 0.0350. The van der Waals surface area contributed by atoms with Gasteiger partial charge in [-0.05, 0) is 12.1 Å². The number of carboxylic acid groups (broad SMARTS) is 1. The number of rotatable bonds is 5. The highest BCUT2D eigenvalue weighted by Crippen LogP contribution is 2.20. The number of hydrogen-bond donors (Lipinski definition) is 1. The van der Waals surface area contributed by atoms with Gasteiger partial charge in [0.15, 0.2) is 0 Å². The third-order valence-electron chi connectivity index (χ3n) is 2.87. The molecule has 2 aromatic carbocycles. The van der Waals surface area contributed by atoms with Crippen LogP contribution in [0.15, 0.2) is 54.6 Å². The van der Waals surface area contributed by atoms with Gasteiger partial charge in [-0.15, -0.1) is 0 Å². The SMILES string of the molecule is O=C(O[C@H](C(=O)O)c1ccccc1)c1ccc([N+](=O)[O-])cc1. The molecular formula is C15H11NO6. The Morgan fingerprint density at radius 1 is 1.05 bits per heavy atom. The number of carboxylic acids is 1. The van der Waals surface area contributed by atoms with Crippen molar-refractivity contribution in [1.82, 2.24) is 0 Å². The van der Waals surface area contributed by atoms with Gasteiger partial charge in [-0.2, -0.15) is 0 Å². The number of carbonyl (C=O) groups excluding carboxylic acids is 1. The molecule has 7 nitrogen and oxygen atoms in total. The van der Waals surface area contributed by atoms with E-state index in [1.54, 1.807) is 18.2 Å². The molecule has 112 valence electrons. The van der Waals surface area contributed by atoms with E-state index in [0.29, 0.717) is 5.56 Å². The quantitative estimate of drug-likeness (QED) is 0.516. The van der Waals surface area contributed by atoms with Crippen LogP contribution in [0.1, 0.15) is 22.0 Å². The van der Waals surface area contributed by atoms with Crippen molar-refractivity contribution in [2.75, 3.05) is 0 Å². The van der Waals surface area contributed by atoms with Crippen LogP contribution in [-0.4, -0.2) is 22.0 Å². The molecule has 0 aliphatic heterocycles. The summed E-state index contributed by atoms with van der Waals surface area (Å²) in [7, 11) is 0. The van der Waals surface area contributed by atoms with Crippen LogP contribution in [0.25, 0.3) is 0 Å². The number of nitro benzene ring substituents is 1. The molecule has 0 spiro atoms. The predicted octanol–water partition coefficient (Wildman–Crippen LogP) is 2.58. The molecule has 0 bridgehead atoms. The van der Waals surface area contributed by atoms with Crippen LogP contribution in [0.4, 0.5) is 5.69 Å². The molecule has 0 fully saturated rings. The van der Waals surface area contributed by atoms with E-state index in [9.17, 15) is 24.8 Å². The van der Waals surface area contributed by atoms with Gasteiger partial charge in [-0.1, -0.05) is 30.3 Å². The zero-order valence-corrected chi connectivity index (χ0v) is 11.2. The lowest BCUT2D eigenvalue weighted by molar-refractivity contribution is -0.384. The minimum Gasteiger partial charge on any atom is -0.478 e. The molecule has 22 heavy (non-hydrogen) atoms. The van der Waals surface area contributed by atoms with Crippen LogP contribution in [0.3, 0.4) is 0 Å². The predicted molar refractivity (Wildman–Crippen MR) is 75.3 cm³/mol. The number of hydrogen-bond acceptors (Lipinski definition) is 5. The van der Waals surface area contributed by atoms with E-state index in [2.05, 4.69) is 0 Å². The molecule has 2 aromatic rings. The molecule has 0 saturated carbocycles. The summed E-state index contributed by atoms with van der Waals surface area (Å²) >= 11 is 0. The van der Waals surface area contributed by atoms with Crippen molar-refractivity contribution in [3.63, 3.8) is 0 Å². The van der Waals surface area contributed by atoms with Crippen molar-refractivity contribution in [1.29, 1.82) is 0 Å². The van der Waals surface area contributed by atoms with E-state index in [1.807, 2.05) is 0 Å². The standard InChI is InChI=1S/C15H11NO6/c17-14(18)13(10-4-2-1-3-5-10)22-15(19)11-6-8-12(9-7-11)16(20)21/h1-9,13H,(H,17,18)/t13-/m0/s1. The number of aliphatic carboxylic acids is 1. The number of benzene rings is 2. The molecule has 0 aliphatic rings. The maximum atomic E-state index is 12.0. The molecule has 7 heteroatoms. The summed E-state index contributed by atoms with van der Waals surface area (Å²) in [6.07, 6.45) is -1.44. The minimum atomic E-state index is -1.44. The number of nitrogens with zero attached hydrogens (tertiary/aromatic N) is 1. The maximum Gasteiger partial charge on any atom is 0.349 e. The average Bonchev–Trinajstić information content (AvgIpc) is 2.53. The van der Waals surface area contributed by atoms with E-state index < -0.39 is 23.0 Å². The Labute approximate surface area is 124 Å². The second kappa shape index (κ2) is 6.49. The molecule has 0 aliphatic carbocycles. The van der Waals surface area contributed by atoms with Crippen molar-refractivity contribution in [2.24, 2.45) is 0 Å². The first-order valence-corrected chi connectivity index (χ1v) is 6.22. The van der Waals surface area contributed by atoms with Gasteiger partial charge in [-0.3, -0.25) is 10.1 Å². The second-order valence-corrected chi connectivity index (χ2v) is 4.34. The Morgan fingerprint density at radius 3 is 2.14 bits per heavy atom. The molecule has 0 unspecified atom stereocenters. The van der Waals surface area contributed by atoms with Crippen molar-refractivity contribution >= 4 is 17.6 Å². The summed E-state index contributed by atoms with van der Waals surface area (Å²) < 4.78 is 4.98. The van der Waals surface area contributed by atoms with Crippen molar-refractivity contribution in [3.05, 3.63) is 75.8 Å². The van der Waals surface area contributed by atoms with Crippen molar-refractivity contribution in [3.8, 4) is 0 Å². The number of non-ortho nitro benzene ring substituents is 1. The smallest absolute Gasteiger partial charge is 0.349 e. The van der Waals surface area contributed by atoms with Crippen LogP contribution >= 0.6 is 0 Å². The second-order valence-electron chi connectivity index (χ2n) is 4.34. The van der Waals surface area contributed by atoms with E-state index in [-0.39, 0.29) is 11.3 Å². The van der Waals surface area contributed by atoms with Gasteiger partial charge in [-0.25, -0.2) is 9.59 Å². The van der Waals surface area contributed by atoms with Crippen LogP contribution in [0.2, 0.25) is 0 Å². The number of carbonyl (C=O) groups is 2. The molecule has 0 aromatic heterocycles. The highest BCUT2D eigenvalue weighted by Gasteiger charge is 2.25. The third-order valence-corrected chi connectivity index (χ3v) is 2.87. The summed E-state index contributed by atoms with van der Waals surface area (Å²) in [6, 6.07) is 12.7. The Kier molecular flexibility index (Phi) is 4.47. The largest absolute Gasteiger partial charge is 0.478 e. The highest BCUT2D eigenvalue weighted by atomic mass is 16.6. The van der Waals surface area contributed by atoms with Gasteiger partial charge in [0.25, 0.3) is 5.69 Å². The summed E-state index contributed by atoms with van der Waals surface area (Å²) in [5.74, 6) is -2.17. The van der Waals surface area contributed by atoms with Crippen LogP contribution in [0.5, 0.6) is 0 Å². The Balaban J connectivity index is 2.18. The van der Waals surface area contributed by atoms with Gasteiger partial charge in [0.1, 0.15) is 0 Å². The first kappa shape index (κ1) is 15.2. The fourth-order valence-corrected chi connectivity index (χ4v) is 1.78. The molecule has 1 N–H and O–H groups in total. The van der Waals surface area contributed by atoms with Gasteiger partial charge < -0.3 is 9.84 Å². The topological polar surface area (TPSA) is 107 Å². The fourth-order valence-electron chi connectivity index (χ4n) is 1.78. The molecule has 2 rings (SSSR count). The van der Waals surface area contributed by atoms with E-state index >= 15 is 0 Å². The maximum absolute atomic E-state index is 12.0. The fraction of sp³-hybridized carbons (Fsp3) is 0.0667. The average molecular weight is 301 g/mol. The van der Waals surface area contributed by atoms with E-state index in [4.69, 9.17) is 4.74 Å². The lowest BCUT2D eigenvalue weighted by Gasteiger charge is -2.14. The van der Waals surface area contributed by atoms with Gasteiger partial charge in [0, 0.05) is 17.7 Å². The number of esters is 1. The van der Waals surface area contributed by atoms with Crippen LogP contribution in [0, 0.1) is 10.1 Å². The van der Waals surface area contributed by atoms with E-state index in [0.717, 1.165) is 12.1 Å². The molecule has 0 radical (unpaired) electrons. The zero-order chi connectivity index (χ0) is 16.1. The molecular weight excluding hydrogens is 290 g/mol. The summed E-state index contributed by atoms with van der Waals surface area (Å²) in [4.78, 5) is 33.1. The number of nitro groups is 1. The van der Waals surface area contributed by atoms with Crippen LogP contribution in [-0.2, 0) is 9.53 Å². The zero-order valence-electron chi connectivity index (χ0n) is 11.2. The van der Waals surface area contributed by atoms with Crippen LogP contribution < -0.4 is 0 Å². The summed E-state index contributed by atoms with van der Waals surface area (Å²) in [6.45, 7) is 0. The summed E-state index contributed by atoms with van der Waals surface area (Å²) in [5.41, 5.74) is 0.187. The van der Waals surface area contributed by atoms with Gasteiger partial charge in [0.05, 0.1) is 10.5 Å². The lowest BCUT2D eigenvalue weighted by atomic mass is 10.1. The third kappa shape index (κ3) is 3.45. The molecule has 1 atom stereocenters. The van der Waals surface area contributed by atoms with Crippen molar-refractivity contribution < 1.29 is 24.4 Å². The Morgan fingerprint density at radius 2 is 1.64 bits per heavy atom. The Bertz CT molecular complexity index is 696. The molecule has 0 saturated heterocycles. The normalized spacial score (nSPS) is 11.5. The highest BCUT2D eigenvalue weighted by molar-refractivity contribution is 5.91. The molecule has 0 heterocycles. The lowest BCUT2D eigenvalue weighted by Crippen LogP contribution is -2.19. The molecule has 0 amide bonds. The first-order valence-electron chi connectivity index (χ1n) is 6.22. The number of ether oxygens (including phenoxy) is 1. The van der Waals surface area contributed by atoms with Crippen molar-refractivity contribution in [2.45, 2.75) is 6.10 Å². The summed E-state index contributed by atoms with van der Waals surface area (Å²) in [5, 5.41) is 19.7. The van der Waals surface area contributed by atoms with Gasteiger partial charge in [0.2, 0.25) is 6.10 Å². The first-order chi connectivity index (χ1) is 10.5. The van der Waals surface area contributed by atoms with E-state index in [1.165, 1.54) is 24.3 Å². The van der Waals surface area contributed by atoms with Gasteiger partial charge >= 0.3 is 11.9 Å². The Hall–Kier alpha value is -3.22.